The minimum Gasteiger partial charge on any atom is -0.384 e. The van der Waals surface area contributed by atoms with Gasteiger partial charge in [-0.2, -0.15) is 0 Å². The van der Waals surface area contributed by atoms with Gasteiger partial charge in [0.15, 0.2) is 0 Å². The van der Waals surface area contributed by atoms with Crippen LogP contribution in [0.3, 0.4) is 0 Å². The van der Waals surface area contributed by atoms with Crippen LogP contribution in [-0.4, -0.2) is 5.11 Å². The normalized spacial score (nSPS) is 12.5. The highest BCUT2D eigenvalue weighted by molar-refractivity contribution is 9.10. The van der Waals surface area contributed by atoms with Crippen molar-refractivity contribution in [2.75, 3.05) is 0 Å². The number of hydrogen-bond donors (Lipinski definition) is 1. The van der Waals surface area contributed by atoms with E-state index >= 15 is 0 Å². The summed E-state index contributed by atoms with van der Waals surface area (Å²) in [5.41, 5.74) is 0.711. The van der Waals surface area contributed by atoms with Gasteiger partial charge in [0.2, 0.25) is 0 Å². The molecule has 0 aliphatic heterocycles. The minimum absolute atomic E-state index is 0.169. The SMILES string of the molecule is OC(c1ccc(Cl)cc1F)c1ccc(Cl)cc1Br. The molecule has 0 aliphatic carbocycles. The summed E-state index contributed by atoms with van der Waals surface area (Å²) < 4.78 is 14.3. The molecule has 5 heteroatoms. The van der Waals surface area contributed by atoms with Crippen LogP contribution in [0.25, 0.3) is 0 Å². The van der Waals surface area contributed by atoms with Crippen LogP contribution >= 0.6 is 39.1 Å². The average molecular weight is 350 g/mol. The van der Waals surface area contributed by atoms with Crippen molar-refractivity contribution >= 4 is 39.1 Å². The summed E-state index contributed by atoms with van der Waals surface area (Å²) in [5.74, 6) is -0.545. The zero-order valence-corrected chi connectivity index (χ0v) is 12.1. The molecule has 0 radical (unpaired) electrons. The van der Waals surface area contributed by atoms with Crippen molar-refractivity contribution in [3.8, 4) is 0 Å². The van der Waals surface area contributed by atoms with Crippen molar-refractivity contribution in [1.29, 1.82) is 0 Å². The fourth-order valence-corrected chi connectivity index (χ4v) is 2.67. The Hall–Kier alpha value is -0.610. The van der Waals surface area contributed by atoms with Crippen LogP contribution in [0.5, 0.6) is 0 Å². The molecule has 1 unspecified atom stereocenters. The zero-order valence-electron chi connectivity index (χ0n) is 9.00. The van der Waals surface area contributed by atoms with E-state index < -0.39 is 11.9 Å². The Morgan fingerprint density at radius 2 is 1.56 bits per heavy atom. The van der Waals surface area contributed by atoms with Gasteiger partial charge in [0, 0.05) is 20.1 Å². The Bertz CT molecular complexity index is 538. The number of rotatable bonds is 2. The summed E-state index contributed by atoms with van der Waals surface area (Å²) in [4.78, 5) is 0. The van der Waals surface area contributed by atoms with Gasteiger partial charge in [0.05, 0.1) is 0 Å². The van der Waals surface area contributed by atoms with Crippen LogP contribution in [0.15, 0.2) is 40.9 Å². The Labute approximate surface area is 122 Å². The van der Waals surface area contributed by atoms with E-state index in [1.165, 1.54) is 18.2 Å². The van der Waals surface area contributed by atoms with E-state index in [9.17, 15) is 9.50 Å². The molecule has 0 bridgehead atoms. The summed E-state index contributed by atoms with van der Waals surface area (Å²) >= 11 is 14.8. The number of aliphatic hydroxyl groups is 1. The van der Waals surface area contributed by atoms with Gasteiger partial charge in [0.25, 0.3) is 0 Å². The van der Waals surface area contributed by atoms with Crippen molar-refractivity contribution in [1.82, 2.24) is 0 Å². The highest BCUT2D eigenvalue weighted by atomic mass is 79.9. The van der Waals surface area contributed by atoms with E-state index in [0.717, 1.165) is 0 Å². The number of aliphatic hydroxyl groups excluding tert-OH is 1. The van der Waals surface area contributed by atoms with Crippen LogP contribution in [-0.2, 0) is 0 Å². The molecule has 0 aliphatic rings. The first-order valence-electron chi connectivity index (χ1n) is 5.07. The lowest BCUT2D eigenvalue weighted by atomic mass is 10.0. The van der Waals surface area contributed by atoms with Gasteiger partial charge < -0.3 is 5.11 Å². The van der Waals surface area contributed by atoms with Gasteiger partial charge in [-0.25, -0.2) is 4.39 Å². The Morgan fingerprint density at radius 3 is 2.11 bits per heavy atom. The highest BCUT2D eigenvalue weighted by Gasteiger charge is 2.17. The topological polar surface area (TPSA) is 20.2 Å². The van der Waals surface area contributed by atoms with Crippen molar-refractivity contribution in [3.63, 3.8) is 0 Å². The van der Waals surface area contributed by atoms with Crippen LogP contribution in [0.1, 0.15) is 17.2 Å². The third kappa shape index (κ3) is 2.86. The molecule has 2 rings (SSSR count). The van der Waals surface area contributed by atoms with Crippen LogP contribution in [0.4, 0.5) is 4.39 Å². The maximum atomic E-state index is 13.7. The third-order valence-electron chi connectivity index (χ3n) is 2.51. The highest BCUT2D eigenvalue weighted by Crippen LogP contribution is 2.32. The molecule has 0 heterocycles. The minimum atomic E-state index is -1.08. The summed E-state index contributed by atoms with van der Waals surface area (Å²) in [6.45, 7) is 0. The zero-order chi connectivity index (χ0) is 13.3. The third-order valence-corrected chi connectivity index (χ3v) is 3.67. The van der Waals surface area contributed by atoms with Crippen LogP contribution in [0, 0.1) is 5.82 Å². The molecule has 18 heavy (non-hydrogen) atoms. The lowest BCUT2D eigenvalue weighted by Crippen LogP contribution is -2.03. The molecule has 1 N–H and O–H groups in total. The number of benzene rings is 2. The molecule has 0 saturated heterocycles. The van der Waals surface area contributed by atoms with Gasteiger partial charge >= 0.3 is 0 Å². The van der Waals surface area contributed by atoms with E-state index in [4.69, 9.17) is 23.2 Å². The smallest absolute Gasteiger partial charge is 0.130 e. The molecule has 0 amide bonds. The molecular weight excluding hydrogens is 342 g/mol. The molecule has 0 saturated carbocycles. The number of hydrogen-bond acceptors (Lipinski definition) is 1. The molecule has 0 spiro atoms. The van der Waals surface area contributed by atoms with E-state index in [0.29, 0.717) is 20.1 Å². The summed E-state index contributed by atoms with van der Waals surface area (Å²) in [6, 6.07) is 9.10. The second kappa shape index (κ2) is 5.57. The van der Waals surface area contributed by atoms with E-state index in [1.54, 1.807) is 18.2 Å². The molecule has 94 valence electrons. The molecule has 2 aromatic carbocycles. The van der Waals surface area contributed by atoms with E-state index in [2.05, 4.69) is 15.9 Å². The van der Waals surface area contributed by atoms with Gasteiger partial charge in [-0.3, -0.25) is 0 Å². The van der Waals surface area contributed by atoms with Crippen molar-refractivity contribution in [2.45, 2.75) is 6.10 Å². The molecule has 1 atom stereocenters. The second-order valence-electron chi connectivity index (χ2n) is 3.73. The predicted molar refractivity (Wildman–Crippen MR) is 74.6 cm³/mol. The molecule has 0 aromatic heterocycles. The standard InChI is InChI=1S/C13H8BrCl2FO/c14-11-5-7(15)1-3-9(11)13(18)10-4-2-8(16)6-12(10)17/h1-6,13,18H. The quantitative estimate of drug-likeness (QED) is 0.810. The monoisotopic (exact) mass is 348 g/mol. The molecule has 0 fully saturated rings. The van der Waals surface area contributed by atoms with Gasteiger partial charge in [-0.15, -0.1) is 0 Å². The lowest BCUT2D eigenvalue weighted by Gasteiger charge is -2.14. The largest absolute Gasteiger partial charge is 0.384 e. The summed E-state index contributed by atoms with van der Waals surface area (Å²) in [6.07, 6.45) is -1.08. The summed E-state index contributed by atoms with van der Waals surface area (Å²) in [7, 11) is 0. The molecular formula is C13H8BrCl2FO. The van der Waals surface area contributed by atoms with Crippen molar-refractivity contribution in [3.05, 3.63) is 67.9 Å². The average Bonchev–Trinajstić information content (AvgIpc) is 2.28. The fraction of sp³-hybridized carbons (Fsp3) is 0.0769. The number of halogens is 4. The predicted octanol–water partition coefficient (Wildman–Crippen LogP) is 4.98. The van der Waals surface area contributed by atoms with E-state index in [1.807, 2.05) is 0 Å². The van der Waals surface area contributed by atoms with Gasteiger partial charge in [0.1, 0.15) is 11.9 Å². The maximum absolute atomic E-state index is 13.7. The van der Waals surface area contributed by atoms with E-state index in [-0.39, 0.29) is 5.56 Å². The Kier molecular flexibility index (Phi) is 4.28. The molecule has 2 aromatic rings. The first-order chi connectivity index (χ1) is 8.49. The van der Waals surface area contributed by atoms with Gasteiger partial charge in [-0.05, 0) is 29.8 Å². The summed E-state index contributed by atoms with van der Waals surface area (Å²) in [5, 5.41) is 11.0. The first kappa shape index (κ1) is 13.8. The second-order valence-corrected chi connectivity index (χ2v) is 5.46. The Balaban J connectivity index is 2.44. The van der Waals surface area contributed by atoms with Crippen LogP contribution in [0.2, 0.25) is 10.0 Å². The van der Waals surface area contributed by atoms with Crippen LogP contribution < -0.4 is 0 Å². The lowest BCUT2D eigenvalue weighted by molar-refractivity contribution is 0.214. The fourth-order valence-electron chi connectivity index (χ4n) is 1.61. The Morgan fingerprint density at radius 1 is 1.00 bits per heavy atom. The van der Waals surface area contributed by atoms with Crippen molar-refractivity contribution < 1.29 is 9.50 Å². The first-order valence-corrected chi connectivity index (χ1v) is 6.62. The molecule has 1 nitrogen and oxygen atoms in total. The van der Waals surface area contributed by atoms with Gasteiger partial charge in [-0.1, -0.05) is 51.3 Å². The van der Waals surface area contributed by atoms with Crippen molar-refractivity contribution in [2.24, 2.45) is 0 Å². The maximum Gasteiger partial charge on any atom is 0.130 e.